The first-order valence-corrected chi connectivity index (χ1v) is 4.62. The Kier molecular flexibility index (Phi) is 1.42. The Bertz CT molecular complexity index is 437. The summed E-state index contributed by atoms with van der Waals surface area (Å²) in [5, 5.41) is 3.82. The van der Waals surface area contributed by atoms with Gasteiger partial charge in [-0.2, -0.15) is 0 Å². The fourth-order valence-electron chi connectivity index (χ4n) is 1.98. The molecule has 2 N–H and O–H groups in total. The van der Waals surface area contributed by atoms with Gasteiger partial charge >= 0.3 is 0 Å². The smallest absolute Gasteiger partial charge is 0.166 e. The van der Waals surface area contributed by atoms with Crippen molar-refractivity contribution in [1.29, 1.82) is 0 Å². The zero-order valence-electron chi connectivity index (χ0n) is 7.55. The van der Waals surface area contributed by atoms with Gasteiger partial charge in [0, 0.05) is 5.56 Å². The van der Waals surface area contributed by atoms with Crippen LogP contribution in [-0.2, 0) is 4.84 Å². The van der Waals surface area contributed by atoms with E-state index < -0.39 is 0 Å². The van der Waals surface area contributed by atoms with Gasteiger partial charge < -0.3 is 10.6 Å². The van der Waals surface area contributed by atoms with Gasteiger partial charge in [-0.15, -0.1) is 0 Å². The topological polar surface area (TPSA) is 47.6 Å². The third-order valence-corrected chi connectivity index (χ3v) is 2.73. The molecule has 2 aliphatic rings. The molecule has 0 saturated heterocycles. The fraction of sp³-hybridized carbons (Fsp3) is 0.182. The number of hydrogen-bond donors (Lipinski definition) is 1. The predicted molar refractivity (Wildman–Crippen MR) is 54.4 cm³/mol. The van der Waals surface area contributed by atoms with Gasteiger partial charge in [0.05, 0.1) is 5.92 Å². The lowest BCUT2D eigenvalue weighted by Crippen LogP contribution is -2.24. The predicted octanol–water partition coefficient (Wildman–Crippen LogP) is 1.67. The summed E-state index contributed by atoms with van der Waals surface area (Å²) in [6.07, 6.45) is 4.11. The molecule has 2 unspecified atom stereocenters. The number of benzene rings is 1. The molecule has 1 heterocycles. The molecule has 0 aromatic heterocycles. The largest absolute Gasteiger partial charge is 0.385 e. The molecular weight excluding hydrogens is 176 g/mol. The molecule has 1 aliphatic carbocycles. The van der Waals surface area contributed by atoms with Gasteiger partial charge in [0.2, 0.25) is 0 Å². The fourth-order valence-corrected chi connectivity index (χ4v) is 1.98. The van der Waals surface area contributed by atoms with Gasteiger partial charge in [-0.3, -0.25) is 0 Å². The molecule has 14 heavy (non-hydrogen) atoms. The van der Waals surface area contributed by atoms with Gasteiger partial charge in [-0.25, -0.2) is 0 Å². The van der Waals surface area contributed by atoms with Crippen LogP contribution >= 0.6 is 0 Å². The molecule has 1 aromatic rings. The normalized spacial score (nSPS) is 27.6. The molecule has 1 aliphatic heterocycles. The van der Waals surface area contributed by atoms with Gasteiger partial charge in [0.15, 0.2) is 11.9 Å². The van der Waals surface area contributed by atoms with Gasteiger partial charge in [0.25, 0.3) is 0 Å². The minimum atomic E-state index is -0.0174. The van der Waals surface area contributed by atoms with E-state index in [1.165, 1.54) is 11.1 Å². The van der Waals surface area contributed by atoms with E-state index >= 15 is 0 Å². The van der Waals surface area contributed by atoms with Crippen molar-refractivity contribution in [3.8, 4) is 0 Å². The molecule has 0 saturated carbocycles. The quantitative estimate of drug-likeness (QED) is 0.670. The Balaban J connectivity index is 2.12. The van der Waals surface area contributed by atoms with E-state index in [4.69, 9.17) is 10.6 Å². The molecule has 3 heteroatoms. The Morgan fingerprint density at radius 2 is 2.14 bits per heavy atom. The number of nitrogens with zero attached hydrogens (tertiary/aromatic N) is 1. The molecule has 1 aromatic carbocycles. The monoisotopic (exact) mass is 186 g/mol. The van der Waals surface area contributed by atoms with Crippen LogP contribution in [0, 0.1) is 5.92 Å². The Labute approximate surface area is 81.9 Å². The number of nitrogens with two attached hydrogens (primary N) is 1. The lowest BCUT2D eigenvalue weighted by Gasteiger charge is -2.20. The maximum Gasteiger partial charge on any atom is 0.166 e. The first kappa shape index (κ1) is 7.62. The molecular formula is C11H10N2O. The van der Waals surface area contributed by atoms with Crippen molar-refractivity contribution in [2.75, 3.05) is 0 Å². The van der Waals surface area contributed by atoms with Crippen molar-refractivity contribution >= 4 is 11.9 Å². The van der Waals surface area contributed by atoms with Crippen LogP contribution in [0.3, 0.4) is 0 Å². The summed E-state index contributed by atoms with van der Waals surface area (Å²) >= 11 is 0. The van der Waals surface area contributed by atoms with Crippen molar-refractivity contribution < 1.29 is 4.84 Å². The first-order valence-electron chi connectivity index (χ1n) is 4.62. The number of hydrogen-bond acceptors (Lipinski definition) is 3. The molecule has 2 atom stereocenters. The third-order valence-electron chi connectivity index (χ3n) is 2.73. The Hall–Kier alpha value is -1.77. The zero-order chi connectivity index (χ0) is 9.54. The van der Waals surface area contributed by atoms with E-state index in [0.29, 0.717) is 5.84 Å². The van der Waals surface area contributed by atoms with Crippen LogP contribution in [0.2, 0.25) is 0 Å². The van der Waals surface area contributed by atoms with E-state index in [9.17, 15) is 0 Å². The van der Waals surface area contributed by atoms with Gasteiger partial charge in [-0.05, 0) is 5.56 Å². The molecule has 3 rings (SSSR count). The van der Waals surface area contributed by atoms with Crippen LogP contribution in [0.5, 0.6) is 0 Å². The molecule has 0 spiro atoms. The highest BCUT2D eigenvalue weighted by Crippen LogP contribution is 2.38. The van der Waals surface area contributed by atoms with Gasteiger partial charge in [-0.1, -0.05) is 41.6 Å². The number of rotatable bonds is 0. The van der Waals surface area contributed by atoms with E-state index in [-0.39, 0.29) is 12.0 Å². The van der Waals surface area contributed by atoms with Crippen molar-refractivity contribution in [2.45, 2.75) is 6.10 Å². The summed E-state index contributed by atoms with van der Waals surface area (Å²) in [6.45, 7) is 0. The second-order valence-corrected chi connectivity index (χ2v) is 3.56. The second-order valence-electron chi connectivity index (χ2n) is 3.56. The van der Waals surface area contributed by atoms with E-state index in [1.807, 2.05) is 12.1 Å². The summed E-state index contributed by atoms with van der Waals surface area (Å²) in [7, 11) is 0. The standard InChI is InChI=1S/C11H10N2O/c12-11-9-6-5-7-3-1-2-4-8(7)10(9)14-13-11/h1-6,9-10H,(H2,12,13). The number of fused-ring (bicyclic) bond motifs is 3. The maximum atomic E-state index is 5.72. The zero-order valence-corrected chi connectivity index (χ0v) is 7.55. The highest BCUT2D eigenvalue weighted by Gasteiger charge is 2.35. The number of oxime groups is 1. The van der Waals surface area contributed by atoms with Crippen LogP contribution in [0.15, 0.2) is 35.5 Å². The number of amidine groups is 1. The van der Waals surface area contributed by atoms with Crippen LogP contribution in [0.25, 0.3) is 6.08 Å². The Morgan fingerprint density at radius 3 is 3.07 bits per heavy atom. The summed E-state index contributed by atoms with van der Waals surface area (Å²) < 4.78 is 0. The summed E-state index contributed by atoms with van der Waals surface area (Å²) in [4.78, 5) is 5.31. The molecule has 0 radical (unpaired) electrons. The van der Waals surface area contributed by atoms with Crippen molar-refractivity contribution in [3.05, 3.63) is 41.5 Å². The average molecular weight is 186 g/mol. The lowest BCUT2D eigenvalue weighted by molar-refractivity contribution is 0.0699. The first-order chi connectivity index (χ1) is 6.86. The van der Waals surface area contributed by atoms with Crippen LogP contribution in [0.4, 0.5) is 0 Å². The van der Waals surface area contributed by atoms with Crippen LogP contribution in [-0.4, -0.2) is 5.84 Å². The maximum absolute atomic E-state index is 5.72. The average Bonchev–Trinajstić information content (AvgIpc) is 2.61. The molecule has 3 nitrogen and oxygen atoms in total. The molecule has 0 amide bonds. The highest BCUT2D eigenvalue weighted by atomic mass is 16.6. The van der Waals surface area contributed by atoms with Crippen LogP contribution in [0.1, 0.15) is 17.2 Å². The molecule has 0 bridgehead atoms. The van der Waals surface area contributed by atoms with E-state index in [1.54, 1.807) is 0 Å². The molecule has 70 valence electrons. The minimum absolute atomic E-state index is 0.0174. The van der Waals surface area contributed by atoms with Crippen LogP contribution < -0.4 is 5.73 Å². The molecule has 0 fully saturated rings. The summed E-state index contributed by atoms with van der Waals surface area (Å²) in [5.41, 5.74) is 8.08. The van der Waals surface area contributed by atoms with E-state index in [2.05, 4.69) is 29.4 Å². The van der Waals surface area contributed by atoms with Crippen molar-refractivity contribution in [2.24, 2.45) is 16.8 Å². The lowest BCUT2D eigenvalue weighted by atomic mass is 9.87. The second kappa shape index (κ2) is 2.61. The minimum Gasteiger partial charge on any atom is -0.385 e. The highest BCUT2D eigenvalue weighted by molar-refractivity contribution is 5.88. The van der Waals surface area contributed by atoms with E-state index in [0.717, 1.165) is 0 Å². The Morgan fingerprint density at radius 1 is 1.29 bits per heavy atom. The van der Waals surface area contributed by atoms with Gasteiger partial charge in [0.1, 0.15) is 0 Å². The van der Waals surface area contributed by atoms with Crippen molar-refractivity contribution in [3.63, 3.8) is 0 Å². The van der Waals surface area contributed by atoms with Crippen molar-refractivity contribution in [1.82, 2.24) is 0 Å². The SMILES string of the molecule is NC1=NOC2c3ccccc3C=CC12. The third kappa shape index (κ3) is 0.894. The summed E-state index contributed by atoms with van der Waals surface area (Å²) in [5.74, 6) is 0.686. The summed E-state index contributed by atoms with van der Waals surface area (Å²) in [6, 6.07) is 8.15.